The minimum absolute atomic E-state index is 0.00321. The fourth-order valence-corrected chi connectivity index (χ4v) is 13.2. The van der Waals surface area contributed by atoms with Gasteiger partial charge in [0, 0.05) is 19.4 Å². The first kappa shape index (κ1) is 50.8. The molecular weight excluding hydrogens is 767 g/mol. The lowest BCUT2D eigenvalue weighted by molar-refractivity contribution is -0.151. The van der Waals surface area contributed by atoms with Crippen LogP contribution in [0.4, 0.5) is 0 Å². The number of allylic oxidation sites excluding steroid dienone is 1. The fourth-order valence-electron chi connectivity index (χ4n) is 13.2. The number of nitrogens with zero attached hydrogens (tertiary/aromatic N) is 1. The highest BCUT2D eigenvalue weighted by Crippen LogP contribution is 2.67. The van der Waals surface area contributed by atoms with Gasteiger partial charge in [-0.15, -0.1) is 0 Å². The zero-order valence-corrected chi connectivity index (χ0v) is 41.2. The molecule has 9 unspecified atom stereocenters. The van der Waals surface area contributed by atoms with Gasteiger partial charge in [-0.3, -0.25) is 9.59 Å². The van der Waals surface area contributed by atoms with Crippen LogP contribution in [0.25, 0.3) is 0 Å². The number of carbonyl (C=O) groups is 2. The molecule has 4 aliphatic carbocycles. The maximum Gasteiger partial charge on any atom is 0.313 e. The summed E-state index contributed by atoms with van der Waals surface area (Å²) in [7, 11) is 0. The zero-order valence-electron chi connectivity index (χ0n) is 41.2. The third-order valence-electron chi connectivity index (χ3n) is 16.9. The van der Waals surface area contributed by atoms with Crippen LogP contribution in [0.3, 0.4) is 0 Å². The van der Waals surface area contributed by atoms with Gasteiger partial charge in [0.2, 0.25) is 0 Å². The SMILES string of the molecule is CC(C)CCCC(C)C1CCC2C3CC=C4CC(OC(=O)CCCCCN(CCCCO)CCCCCCOC(=O)C(C)c5ccc(CC(C)C)cc5)CCC4(C)C3CCC12C. The van der Waals surface area contributed by atoms with Crippen molar-refractivity contribution in [2.75, 3.05) is 32.8 Å². The number of aliphatic hydroxyl groups excluding tert-OH is 1. The Labute approximate surface area is 380 Å². The molecule has 3 fully saturated rings. The van der Waals surface area contributed by atoms with Crippen LogP contribution in [-0.4, -0.2) is 60.9 Å². The predicted molar refractivity (Wildman–Crippen MR) is 257 cm³/mol. The van der Waals surface area contributed by atoms with Gasteiger partial charge in [0.05, 0.1) is 12.5 Å². The Balaban J connectivity index is 0.953. The van der Waals surface area contributed by atoms with E-state index in [2.05, 4.69) is 83.7 Å². The minimum Gasteiger partial charge on any atom is -0.465 e. The van der Waals surface area contributed by atoms with Crippen molar-refractivity contribution in [2.45, 2.75) is 209 Å². The Morgan fingerprint density at radius 2 is 1.45 bits per heavy atom. The summed E-state index contributed by atoms with van der Waals surface area (Å²) in [5, 5.41) is 9.38. The van der Waals surface area contributed by atoms with E-state index in [9.17, 15) is 14.7 Å². The molecule has 6 nitrogen and oxygen atoms in total. The first-order valence-electron chi connectivity index (χ1n) is 26.2. The van der Waals surface area contributed by atoms with Gasteiger partial charge < -0.3 is 19.5 Å². The average molecular weight is 860 g/mol. The minimum atomic E-state index is -0.246. The van der Waals surface area contributed by atoms with E-state index in [-0.39, 0.29) is 36.0 Å². The highest BCUT2D eigenvalue weighted by Gasteiger charge is 2.59. The summed E-state index contributed by atoms with van der Waals surface area (Å²) >= 11 is 0. The van der Waals surface area contributed by atoms with Crippen molar-refractivity contribution in [3.8, 4) is 0 Å². The molecule has 0 aromatic heterocycles. The number of esters is 2. The van der Waals surface area contributed by atoms with Crippen molar-refractivity contribution in [2.24, 2.45) is 52.3 Å². The van der Waals surface area contributed by atoms with Crippen molar-refractivity contribution in [3.63, 3.8) is 0 Å². The number of unbranched alkanes of at least 4 members (excludes halogenated alkanes) is 6. The van der Waals surface area contributed by atoms with Crippen LogP contribution in [0, 0.1) is 52.3 Å². The Kier molecular flexibility index (Phi) is 20.4. The Morgan fingerprint density at radius 1 is 0.758 bits per heavy atom. The molecule has 0 bridgehead atoms. The second-order valence-corrected chi connectivity index (χ2v) is 22.4. The maximum absolute atomic E-state index is 13.1. The molecule has 0 heterocycles. The second-order valence-electron chi connectivity index (χ2n) is 22.4. The van der Waals surface area contributed by atoms with Crippen molar-refractivity contribution in [1.29, 1.82) is 0 Å². The van der Waals surface area contributed by atoms with Crippen molar-refractivity contribution < 1.29 is 24.2 Å². The Bertz CT molecular complexity index is 1520. The van der Waals surface area contributed by atoms with Gasteiger partial charge in [0.1, 0.15) is 6.10 Å². The molecule has 1 aromatic carbocycles. The van der Waals surface area contributed by atoms with Gasteiger partial charge in [-0.05, 0) is 180 Å². The van der Waals surface area contributed by atoms with Crippen molar-refractivity contribution in [1.82, 2.24) is 4.90 Å². The normalized spacial score (nSPS) is 28.0. The molecule has 0 amide bonds. The highest BCUT2D eigenvalue weighted by molar-refractivity contribution is 5.77. The van der Waals surface area contributed by atoms with Crippen LogP contribution in [0.1, 0.15) is 207 Å². The number of hydrogen-bond acceptors (Lipinski definition) is 6. The molecule has 0 spiro atoms. The molecule has 9 atom stereocenters. The Hall–Kier alpha value is -2.18. The van der Waals surface area contributed by atoms with Crippen LogP contribution >= 0.6 is 0 Å². The fraction of sp³-hybridized carbons (Fsp3) is 0.821. The molecule has 0 aliphatic heterocycles. The van der Waals surface area contributed by atoms with Gasteiger partial charge in [0.15, 0.2) is 0 Å². The molecule has 1 N–H and O–H groups in total. The lowest BCUT2D eigenvalue weighted by Crippen LogP contribution is -2.51. The molecule has 352 valence electrons. The number of hydrogen-bond donors (Lipinski definition) is 1. The third kappa shape index (κ3) is 14.2. The molecular formula is C56H93NO5. The van der Waals surface area contributed by atoms with Gasteiger partial charge in [-0.25, -0.2) is 0 Å². The number of fused-ring (bicyclic) bond motifs is 5. The van der Waals surface area contributed by atoms with E-state index in [1.165, 1.54) is 63.4 Å². The summed E-state index contributed by atoms with van der Waals surface area (Å²) in [5.41, 5.74) is 4.74. The van der Waals surface area contributed by atoms with Gasteiger partial charge in [0.25, 0.3) is 0 Å². The van der Waals surface area contributed by atoms with E-state index in [1.807, 2.05) is 6.92 Å². The molecule has 0 saturated heterocycles. The molecule has 5 rings (SSSR count). The van der Waals surface area contributed by atoms with E-state index < -0.39 is 0 Å². The number of ether oxygens (including phenoxy) is 2. The summed E-state index contributed by atoms with van der Waals surface area (Å²) in [6.07, 6.45) is 27.5. The second kappa shape index (κ2) is 24.9. The summed E-state index contributed by atoms with van der Waals surface area (Å²) in [5.74, 6) is 5.31. The molecule has 62 heavy (non-hydrogen) atoms. The first-order chi connectivity index (χ1) is 29.7. The van der Waals surface area contributed by atoms with Crippen LogP contribution < -0.4 is 0 Å². The van der Waals surface area contributed by atoms with Crippen LogP contribution in [0.15, 0.2) is 35.9 Å². The van der Waals surface area contributed by atoms with Gasteiger partial charge in [-0.2, -0.15) is 0 Å². The molecule has 6 heteroatoms. The average Bonchev–Trinajstić information content (AvgIpc) is 3.60. The molecule has 4 aliphatic rings. The lowest BCUT2D eigenvalue weighted by atomic mass is 9.47. The number of aliphatic hydroxyl groups is 1. The monoisotopic (exact) mass is 860 g/mol. The molecule has 0 radical (unpaired) electrons. The van der Waals surface area contributed by atoms with E-state index in [4.69, 9.17) is 9.47 Å². The summed E-state index contributed by atoms with van der Waals surface area (Å²) in [6, 6.07) is 8.41. The number of rotatable bonds is 27. The zero-order chi connectivity index (χ0) is 44.7. The molecule has 1 aromatic rings. The first-order valence-corrected chi connectivity index (χ1v) is 26.2. The van der Waals surface area contributed by atoms with Gasteiger partial charge >= 0.3 is 11.9 Å². The standard InChI is InChI=1S/C56H93NO5/c1-41(2)19-18-20-43(5)50-28-29-51-49-27-26-47-40-48(30-32-55(47,7)52(49)31-33-56(50,51)8)62-53(59)21-12-11-14-35-57(36-15-16-37-58)34-13-9-10-17-38-61-54(60)44(6)46-24-22-45(23-25-46)39-42(3)4/h22-26,41-44,48-52,58H,9-21,27-40H2,1-8H3. The van der Waals surface area contributed by atoms with E-state index in [0.29, 0.717) is 24.4 Å². The summed E-state index contributed by atoms with van der Waals surface area (Å²) in [6.45, 7) is 22.8. The largest absolute Gasteiger partial charge is 0.465 e. The number of carbonyl (C=O) groups excluding carboxylic acids is 2. The quantitative estimate of drug-likeness (QED) is 0.0539. The molecule has 3 saturated carbocycles. The predicted octanol–water partition coefficient (Wildman–Crippen LogP) is 13.7. The topological polar surface area (TPSA) is 76.1 Å². The van der Waals surface area contributed by atoms with Gasteiger partial charge in [-0.1, -0.05) is 123 Å². The van der Waals surface area contributed by atoms with Crippen LogP contribution in [0.2, 0.25) is 0 Å². The smallest absolute Gasteiger partial charge is 0.313 e. The van der Waals surface area contributed by atoms with Crippen molar-refractivity contribution >= 4 is 11.9 Å². The summed E-state index contributed by atoms with van der Waals surface area (Å²) < 4.78 is 11.8. The van der Waals surface area contributed by atoms with E-state index in [1.54, 1.807) is 5.57 Å². The third-order valence-corrected chi connectivity index (χ3v) is 16.9. The van der Waals surface area contributed by atoms with Crippen LogP contribution in [-0.2, 0) is 25.5 Å². The van der Waals surface area contributed by atoms with Crippen molar-refractivity contribution in [3.05, 3.63) is 47.0 Å². The van der Waals surface area contributed by atoms with E-state index in [0.717, 1.165) is 138 Å². The Morgan fingerprint density at radius 3 is 2.15 bits per heavy atom. The maximum atomic E-state index is 13.1. The highest BCUT2D eigenvalue weighted by atomic mass is 16.5. The number of benzene rings is 1. The summed E-state index contributed by atoms with van der Waals surface area (Å²) in [4.78, 5) is 28.3. The van der Waals surface area contributed by atoms with Crippen LogP contribution in [0.5, 0.6) is 0 Å². The van der Waals surface area contributed by atoms with E-state index >= 15 is 0 Å². The lowest BCUT2D eigenvalue weighted by Gasteiger charge is -2.58.